The first-order chi connectivity index (χ1) is 7.40. The van der Waals surface area contributed by atoms with Gasteiger partial charge in [0.15, 0.2) is 0 Å². The molecule has 1 amide bonds. The van der Waals surface area contributed by atoms with Crippen molar-refractivity contribution in [1.29, 1.82) is 0 Å². The SMILES string of the molecule is CC(=O)CC(=O)Nc1c(Cl)cc(F)cc1Br. The summed E-state index contributed by atoms with van der Waals surface area (Å²) < 4.78 is 13.2. The normalized spacial score (nSPS) is 10.0. The molecule has 0 aliphatic carbocycles. The Morgan fingerprint density at radius 2 is 2.12 bits per heavy atom. The van der Waals surface area contributed by atoms with Gasteiger partial charge in [0, 0.05) is 4.47 Å². The number of anilines is 1. The van der Waals surface area contributed by atoms with Crippen molar-refractivity contribution in [1.82, 2.24) is 0 Å². The van der Waals surface area contributed by atoms with Gasteiger partial charge in [-0.3, -0.25) is 9.59 Å². The van der Waals surface area contributed by atoms with Gasteiger partial charge in [0.05, 0.1) is 17.1 Å². The quantitative estimate of drug-likeness (QED) is 0.872. The number of nitrogens with one attached hydrogen (secondary N) is 1. The van der Waals surface area contributed by atoms with Crippen molar-refractivity contribution in [3.63, 3.8) is 0 Å². The highest BCUT2D eigenvalue weighted by Crippen LogP contribution is 2.31. The van der Waals surface area contributed by atoms with E-state index in [0.717, 1.165) is 6.07 Å². The van der Waals surface area contributed by atoms with Crippen molar-refractivity contribution in [3.8, 4) is 0 Å². The molecule has 0 fully saturated rings. The number of rotatable bonds is 3. The Balaban J connectivity index is 2.89. The summed E-state index contributed by atoms with van der Waals surface area (Å²) in [6, 6.07) is 2.25. The Labute approximate surface area is 105 Å². The number of hydrogen-bond donors (Lipinski definition) is 1. The second-order valence-corrected chi connectivity index (χ2v) is 4.43. The van der Waals surface area contributed by atoms with Crippen molar-refractivity contribution in [2.24, 2.45) is 0 Å². The molecule has 0 aromatic heterocycles. The molecule has 1 aromatic rings. The molecule has 0 bridgehead atoms. The van der Waals surface area contributed by atoms with Gasteiger partial charge in [-0.2, -0.15) is 0 Å². The van der Waals surface area contributed by atoms with Gasteiger partial charge in [-0.1, -0.05) is 11.6 Å². The Hall–Kier alpha value is -0.940. The third kappa shape index (κ3) is 3.57. The lowest BCUT2D eigenvalue weighted by Crippen LogP contribution is -2.15. The third-order valence-corrected chi connectivity index (χ3v) is 2.60. The van der Waals surface area contributed by atoms with E-state index in [1.165, 1.54) is 13.0 Å². The predicted octanol–water partition coefficient (Wildman–Crippen LogP) is 3.16. The van der Waals surface area contributed by atoms with Crippen LogP contribution in [0.5, 0.6) is 0 Å². The zero-order valence-electron chi connectivity index (χ0n) is 8.31. The molecule has 0 unspecified atom stereocenters. The molecule has 0 saturated carbocycles. The molecule has 3 nitrogen and oxygen atoms in total. The van der Waals surface area contributed by atoms with Crippen molar-refractivity contribution in [2.45, 2.75) is 13.3 Å². The lowest BCUT2D eigenvalue weighted by Gasteiger charge is -2.08. The summed E-state index contributed by atoms with van der Waals surface area (Å²) in [7, 11) is 0. The highest BCUT2D eigenvalue weighted by Gasteiger charge is 2.12. The molecule has 1 N–H and O–H groups in total. The van der Waals surface area contributed by atoms with Gasteiger partial charge in [0.25, 0.3) is 0 Å². The monoisotopic (exact) mass is 307 g/mol. The van der Waals surface area contributed by atoms with Gasteiger partial charge in [-0.25, -0.2) is 4.39 Å². The van der Waals surface area contributed by atoms with Gasteiger partial charge in [0.1, 0.15) is 11.6 Å². The fourth-order valence-electron chi connectivity index (χ4n) is 1.07. The first-order valence-electron chi connectivity index (χ1n) is 4.34. The fraction of sp³-hybridized carbons (Fsp3) is 0.200. The molecule has 0 aliphatic rings. The second-order valence-electron chi connectivity index (χ2n) is 3.17. The van der Waals surface area contributed by atoms with E-state index in [1.807, 2.05) is 0 Å². The average Bonchev–Trinajstić information content (AvgIpc) is 2.09. The molecular formula is C10H8BrClFNO2. The largest absolute Gasteiger partial charge is 0.323 e. The summed E-state index contributed by atoms with van der Waals surface area (Å²) in [5.74, 6) is -1.25. The molecule has 1 rings (SSSR count). The van der Waals surface area contributed by atoms with Crippen LogP contribution < -0.4 is 5.32 Å². The Bertz CT molecular complexity index is 427. The first-order valence-corrected chi connectivity index (χ1v) is 5.51. The highest BCUT2D eigenvalue weighted by molar-refractivity contribution is 9.10. The predicted molar refractivity (Wildman–Crippen MR) is 63.0 cm³/mol. The maximum absolute atomic E-state index is 12.9. The van der Waals surface area contributed by atoms with E-state index in [-0.39, 0.29) is 22.9 Å². The second kappa shape index (κ2) is 5.41. The number of benzene rings is 1. The summed E-state index contributed by atoms with van der Waals surface area (Å²) in [4.78, 5) is 22.0. The molecule has 0 radical (unpaired) electrons. The van der Waals surface area contributed by atoms with E-state index < -0.39 is 11.7 Å². The van der Waals surface area contributed by atoms with E-state index in [2.05, 4.69) is 21.2 Å². The molecule has 0 saturated heterocycles. The zero-order chi connectivity index (χ0) is 12.3. The number of amides is 1. The summed E-state index contributed by atoms with van der Waals surface area (Å²) in [5.41, 5.74) is 0.259. The van der Waals surface area contributed by atoms with Gasteiger partial charge in [0.2, 0.25) is 5.91 Å². The zero-order valence-corrected chi connectivity index (χ0v) is 10.7. The van der Waals surface area contributed by atoms with Crippen LogP contribution in [0.1, 0.15) is 13.3 Å². The molecule has 6 heteroatoms. The van der Waals surface area contributed by atoms with Crippen LogP contribution in [-0.4, -0.2) is 11.7 Å². The Morgan fingerprint density at radius 3 is 2.62 bits per heavy atom. The van der Waals surface area contributed by atoms with Gasteiger partial charge in [-0.05, 0) is 35.0 Å². The summed E-state index contributed by atoms with van der Waals surface area (Å²) in [5, 5.41) is 2.50. The van der Waals surface area contributed by atoms with E-state index in [9.17, 15) is 14.0 Å². The third-order valence-electron chi connectivity index (χ3n) is 1.68. The van der Waals surface area contributed by atoms with E-state index in [0.29, 0.717) is 4.47 Å². The van der Waals surface area contributed by atoms with Crippen LogP contribution in [0.25, 0.3) is 0 Å². The van der Waals surface area contributed by atoms with E-state index >= 15 is 0 Å². The van der Waals surface area contributed by atoms with Crippen LogP contribution in [0.3, 0.4) is 0 Å². The average molecular weight is 309 g/mol. The molecule has 0 atom stereocenters. The van der Waals surface area contributed by atoms with Crippen LogP contribution >= 0.6 is 27.5 Å². The molecular weight excluding hydrogens is 300 g/mol. The summed E-state index contributed by atoms with van der Waals surface area (Å²) in [6.45, 7) is 1.31. The summed E-state index contributed by atoms with van der Waals surface area (Å²) >= 11 is 8.81. The van der Waals surface area contributed by atoms with Crippen LogP contribution in [0.2, 0.25) is 5.02 Å². The Kier molecular flexibility index (Phi) is 4.44. The summed E-state index contributed by atoms with van der Waals surface area (Å²) in [6.07, 6.45) is -0.236. The lowest BCUT2D eigenvalue weighted by atomic mass is 10.2. The molecule has 0 aliphatic heterocycles. The van der Waals surface area contributed by atoms with Crippen molar-refractivity contribution in [3.05, 3.63) is 27.4 Å². The number of hydrogen-bond acceptors (Lipinski definition) is 2. The van der Waals surface area contributed by atoms with E-state index in [4.69, 9.17) is 11.6 Å². The lowest BCUT2D eigenvalue weighted by molar-refractivity contribution is -0.124. The topological polar surface area (TPSA) is 46.2 Å². The van der Waals surface area contributed by atoms with Crippen LogP contribution in [-0.2, 0) is 9.59 Å². The molecule has 86 valence electrons. The van der Waals surface area contributed by atoms with Crippen LogP contribution in [0, 0.1) is 5.82 Å². The fourth-order valence-corrected chi connectivity index (χ4v) is 1.97. The number of Topliss-reactive ketones (excluding diaryl/α,β-unsaturated/α-hetero) is 1. The van der Waals surface area contributed by atoms with E-state index in [1.54, 1.807) is 0 Å². The van der Waals surface area contributed by atoms with Crippen molar-refractivity contribution in [2.75, 3.05) is 5.32 Å². The first kappa shape index (κ1) is 13.1. The van der Waals surface area contributed by atoms with Crippen molar-refractivity contribution >= 4 is 44.9 Å². The molecule has 0 heterocycles. The Morgan fingerprint density at radius 1 is 1.50 bits per heavy atom. The van der Waals surface area contributed by atoms with Gasteiger partial charge in [-0.15, -0.1) is 0 Å². The maximum Gasteiger partial charge on any atom is 0.231 e. The highest BCUT2D eigenvalue weighted by atomic mass is 79.9. The number of halogens is 3. The standard InChI is InChI=1S/C10H8BrClFNO2/c1-5(15)2-9(16)14-10-7(11)3-6(13)4-8(10)12/h3-4H,2H2,1H3,(H,14,16). The van der Waals surface area contributed by atoms with Gasteiger partial charge >= 0.3 is 0 Å². The van der Waals surface area contributed by atoms with Crippen LogP contribution in [0.4, 0.5) is 10.1 Å². The minimum atomic E-state index is -0.513. The smallest absolute Gasteiger partial charge is 0.231 e. The minimum absolute atomic E-state index is 0.0729. The minimum Gasteiger partial charge on any atom is -0.323 e. The maximum atomic E-state index is 12.9. The van der Waals surface area contributed by atoms with Crippen molar-refractivity contribution < 1.29 is 14.0 Å². The number of ketones is 1. The molecule has 0 spiro atoms. The molecule has 16 heavy (non-hydrogen) atoms. The van der Waals surface area contributed by atoms with Gasteiger partial charge < -0.3 is 5.32 Å². The van der Waals surface area contributed by atoms with Crippen LogP contribution in [0.15, 0.2) is 16.6 Å². The number of carbonyl (C=O) groups excluding carboxylic acids is 2. The number of carbonyl (C=O) groups is 2. The molecule has 1 aromatic carbocycles.